The van der Waals surface area contributed by atoms with Crippen LogP contribution in [0.1, 0.15) is 6.92 Å². The average molecular weight is 202 g/mol. The highest BCUT2D eigenvalue weighted by molar-refractivity contribution is 7.80. The molecule has 0 radical (unpaired) electrons. The molecule has 2 heterocycles. The van der Waals surface area contributed by atoms with Crippen LogP contribution in [0.3, 0.4) is 0 Å². The predicted octanol–water partition coefficient (Wildman–Crippen LogP) is -0.746. The van der Waals surface area contributed by atoms with Crippen molar-refractivity contribution in [2.24, 2.45) is 0 Å². The highest BCUT2D eigenvalue weighted by atomic mass is 32.1. The Morgan fingerprint density at radius 3 is 2.85 bits per heavy atom. The van der Waals surface area contributed by atoms with E-state index in [2.05, 4.69) is 28.6 Å². The number of hydrogen-bond acceptors (Lipinski definition) is 3. The molecule has 0 aromatic rings. The van der Waals surface area contributed by atoms with Crippen LogP contribution in [-0.2, 0) is 0 Å². The Morgan fingerprint density at radius 1 is 1.54 bits per heavy atom. The van der Waals surface area contributed by atoms with E-state index in [0.717, 1.165) is 0 Å². The first-order valence-electron chi connectivity index (χ1n) is 3.85. The minimum Gasteiger partial charge on any atom is -0.314 e. The fourth-order valence-corrected chi connectivity index (χ4v) is 1.95. The minimum absolute atomic E-state index is 0.227. The van der Waals surface area contributed by atoms with Crippen LogP contribution in [0.5, 0.6) is 0 Å². The van der Waals surface area contributed by atoms with Gasteiger partial charge in [-0.25, -0.2) is 9.59 Å². The average Bonchev–Trinajstić information content (AvgIpc) is 2.37. The third-order valence-electron chi connectivity index (χ3n) is 2.28. The number of carbonyl (C=O) groups is 2. The second-order valence-corrected chi connectivity index (χ2v) is 3.53. The maximum atomic E-state index is 11.3. The zero-order valence-electron chi connectivity index (χ0n) is 7.00. The largest absolute Gasteiger partial charge is 0.321 e. The Hall–Kier alpha value is -1.11. The van der Waals surface area contributed by atoms with Crippen molar-refractivity contribution in [3.63, 3.8) is 0 Å². The molecule has 0 aliphatic carbocycles. The monoisotopic (exact) mass is 202 g/mol. The van der Waals surface area contributed by atoms with E-state index < -0.39 is 5.66 Å². The fraction of sp³-hybridized carbons (Fsp3) is 0.667. The number of nitrogens with zero attached hydrogens (tertiary/aromatic N) is 1. The van der Waals surface area contributed by atoms with E-state index in [0.29, 0.717) is 0 Å². The summed E-state index contributed by atoms with van der Waals surface area (Å²) in [6, 6.07) is -0.505. The molecule has 2 fully saturated rings. The molecule has 2 aliphatic rings. The van der Waals surface area contributed by atoms with Gasteiger partial charge in [-0.05, 0) is 6.92 Å². The molecule has 0 saturated carbocycles. The summed E-state index contributed by atoms with van der Waals surface area (Å²) in [5, 5.41) is 7.93. The van der Waals surface area contributed by atoms with E-state index in [4.69, 9.17) is 0 Å². The van der Waals surface area contributed by atoms with Gasteiger partial charge in [-0.2, -0.15) is 12.6 Å². The first-order valence-corrected chi connectivity index (χ1v) is 4.48. The Labute approximate surface area is 80.4 Å². The molecule has 2 rings (SSSR count). The van der Waals surface area contributed by atoms with Crippen LogP contribution >= 0.6 is 12.6 Å². The topological polar surface area (TPSA) is 73.5 Å². The van der Waals surface area contributed by atoms with E-state index >= 15 is 0 Å². The molecule has 13 heavy (non-hydrogen) atoms. The Morgan fingerprint density at radius 2 is 2.23 bits per heavy atom. The number of urea groups is 2. The van der Waals surface area contributed by atoms with E-state index in [1.807, 2.05) is 0 Å². The fourth-order valence-electron chi connectivity index (χ4n) is 1.66. The Bertz CT molecular complexity index is 284. The lowest BCUT2D eigenvalue weighted by Crippen LogP contribution is -2.53. The van der Waals surface area contributed by atoms with E-state index in [1.165, 1.54) is 4.90 Å². The molecule has 3 N–H and O–H groups in total. The number of carbonyl (C=O) groups excluding carboxylic acids is 2. The molecule has 7 heteroatoms. The summed E-state index contributed by atoms with van der Waals surface area (Å²) in [6.45, 7) is 1.75. The smallest absolute Gasteiger partial charge is 0.314 e. The van der Waals surface area contributed by atoms with Crippen LogP contribution in [0.2, 0.25) is 0 Å². The summed E-state index contributed by atoms with van der Waals surface area (Å²) in [6.07, 6.45) is -0.356. The summed E-state index contributed by atoms with van der Waals surface area (Å²) in [5.74, 6) is 0.272. The van der Waals surface area contributed by atoms with Gasteiger partial charge in [0.15, 0.2) is 5.66 Å². The van der Waals surface area contributed by atoms with Gasteiger partial charge < -0.3 is 16.0 Å². The van der Waals surface area contributed by atoms with Gasteiger partial charge in [-0.1, -0.05) is 0 Å². The number of fused-ring (bicyclic) bond motifs is 1. The zero-order chi connectivity index (χ0) is 9.64. The third-order valence-corrected chi connectivity index (χ3v) is 2.58. The number of thiol groups is 1. The summed E-state index contributed by atoms with van der Waals surface area (Å²) in [5.41, 5.74) is -0.711. The van der Waals surface area contributed by atoms with Crippen LogP contribution in [0.4, 0.5) is 9.59 Å². The van der Waals surface area contributed by atoms with Gasteiger partial charge in [0.25, 0.3) is 0 Å². The van der Waals surface area contributed by atoms with Gasteiger partial charge in [0.1, 0.15) is 6.17 Å². The molecule has 2 saturated heterocycles. The van der Waals surface area contributed by atoms with Crippen molar-refractivity contribution < 1.29 is 9.59 Å². The molecular weight excluding hydrogens is 192 g/mol. The molecule has 2 atom stereocenters. The third kappa shape index (κ3) is 1.03. The normalized spacial score (nSPS) is 36.8. The van der Waals surface area contributed by atoms with Gasteiger partial charge >= 0.3 is 12.1 Å². The SMILES string of the molecule is CC12NC(=O)NC1N(CS)C(=O)N2. The molecule has 0 aromatic carbocycles. The summed E-state index contributed by atoms with van der Waals surface area (Å²) in [4.78, 5) is 23.8. The van der Waals surface area contributed by atoms with Crippen molar-refractivity contribution in [3.8, 4) is 0 Å². The van der Waals surface area contributed by atoms with Crippen molar-refractivity contribution in [2.75, 3.05) is 5.88 Å². The number of amides is 4. The van der Waals surface area contributed by atoms with Gasteiger partial charge in [-0.15, -0.1) is 0 Å². The van der Waals surface area contributed by atoms with Crippen LogP contribution in [-0.4, -0.2) is 34.7 Å². The molecule has 0 spiro atoms. The van der Waals surface area contributed by atoms with Gasteiger partial charge in [0.2, 0.25) is 0 Å². The lowest BCUT2D eigenvalue weighted by molar-refractivity contribution is 0.205. The first kappa shape index (κ1) is 8.49. The lowest BCUT2D eigenvalue weighted by Gasteiger charge is -2.23. The second kappa shape index (κ2) is 2.44. The molecule has 0 bridgehead atoms. The highest BCUT2D eigenvalue weighted by Gasteiger charge is 2.53. The van der Waals surface area contributed by atoms with Crippen LogP contribution in [0.25, 0.3) is 0 Å². The van der Waals surface area contributed by atoms with E-state index in [9.17, 15) is 9.59 Å². The van der Waals surface area contributed by atoms with E-state index in [1.54, 1.807) is 6.92 Å². The van der Waals surface area contributed by atoms with Crippen molar-refractivity contribution in [1.82, 2.24) is 20.9 Å². The highest BCUT2D eigenvalue weighted by Crippen LogP contribution is 2.23. The van der Waals surface area contributed by atoms with Crippen LogP contribution < -0.4 is 16.0 Å². The summed E-state index contributed by atoms with van der Waals surface area (Å²) in [7, 11) is 0. The molecule has 2 unspecified atom stereocenters. The van der Waals surface area contributed by atoms with Crippen molar-refractivity contribution in [2.45, 2.75) is 18.8 Å². The number of hydrogen-bond donors (Lipinski definition) is 4. The standard InChI is InChI=1S/C6H10N4O2S/c1-6-3(7-4(11)8-6)10(2-13)5(12)9-6/h3,13H,2H2,1H3,(H,9,12)(H2,7,8,11). The van der Waals surface area contributed by atoms with Crippen molar-refractivity contribution in [3.05, 3.63) is 0 Å². The number of rotatable bonds is 1. The van der Waals surface area contributed by atoms with Gasteiger partial charge in [0, 0.05) is 0 Å². The quantitative estimate of drug-likeness (QED) is 0.423. The van der Waals surface area contributed by atoms with Crippen LogP contribution in [0, 0.1) is 0 Å². The zero-order valence-corrected chi connectivity index (χ0v) is 7.89. The molecular formula is C6H10N4O2S. The molecule has 2 aliphatic heterocycles. The maximum Gasteiger partial charge on any atom is 0.321 e. The summed E-state index contributed by atoms with van der Waals surface area (Å²) < 4.78 is 0. The predicted molar refractivity (Wildman–Crippen MR) is 48.1 cm³/mol. The first-order chi connectivity index (χ1) is 6.07. The van der Waals surface area contributed by atoms with Gasteiger partial charge in [-0.3, -0.25) is 4.90 Å². The number of nitrogens with one attached hydrogen (secondary N) is 3. The summed E-state index contributed by atoms with van der Waals surface area (Å²) >= 11 is 4.01. The molecule has 4 amide bonds. The Balaban J connectivity index is 2.28. The Kier molecular flexibility index (Phi) is 1.59. The molecule has 6 nitrogen and oxygen atoms in total. The lowest BCUT2D eigenvalue weighted by atomic mass is 10.2. The molecule has 0 aromatic heterocycles. The second-order valence-electron chi connectivity index (χ2n) is 3.24. The maximum absolute atomic E-state index is 11.3. The minimum atomic E-state index is -0.711. The molecule has 72 valence electrons. The van der Waals surface area contributed by atoms with Crippen molar-refractivity contribution >= 4 is 24.7 Å². The van der Waals surface area contributed by atoms with Crippen molar-refractivity contribution in [1.29, 1.82) is 0 Å². The van der Waals surface area contributed by atoms with Crippen LogP contribution in [0.15, 0.2) is 0 Å². The van der Waals surface area contributed by atoms with E-state index in [-0.39, 0.29) is 24.1 Å². The van der Waals surface area contributed by atoms with Gasteiger partial charge in [0.05, 0.1) is 5.88 Å².